The van der Waals surface area contributed by atoms with Gasteiger partial charge in [-0.3, -0.25) is 4.79 Å². The van der Waals surface area contributed by atoms with Crippen LogP contribution >= 0.6 is 11.8 Å². The summed E-state index contributed by atoms with van der Waals surface area (Å²) in [6.45, 7) is 0. The normalized spacial score (nSPS) is 14.9. The molecule has 0 saturated heterocycles. The number of aromatic nitrogens is 1. The van der Waals surface area contributed by atoms with Gasteiger partial charge in [-0.2, -0.15) is 5.26 Å². The van der Waals surface area contributed by atoms with E-state index in [1.165, 1.54) is 17.3 Å². The summed E-state index contributed by atoms with van der Waals surface area (Å²) in [5.41, 5.74) is 2.42. The Bertz CT molecular complexity index is 1250. The second-order valence-corrected chi connectivity index (χ2v) is 8.98. The monoisotopic (exact) mass is 485 g/mol. The SMILES string of the molecule is N#Cc1cc2c(nc1SCCC(=O)Nc1c(F)c(F)cc(F)c1F)CCC(c1ccccc1)C2. The number of hydrogen-bond donors (Lipinski definition) is 1. The standard InChI is InChI=1S/C25H19F4N3OS/c26-18-12-19(27)23(29)24(22(18)28)32-21(33)8-9-34-25-17(13-30)11-16-10-15(6-7-20(16)31-25)14-4-2-1-3-5-14/h1-5,11-12,15H,6-10H2,(H,32,33). The molecule has 3 aromatic rings. The lowest BCUT2D eigenvalue weighted by atomic mass is 9.82. The molecule has 1 amide bonds. The van der Waals surface area contributed by atoms with Gasteiger partial charge in [0.1, 0.15) is 16.8 Å². The first-order valence-corrected chi connectivity index (χ1v) is 11.6. The molecule has 1 heterocycles. The summed E-state index contributed by atoms with van der Waals surface area (Å²) in [5, 5.41) is 11.9. The minimum atomic E-state index is -1.67. The number of hydrogen-bond acceptors (Lipinski definition) is 4. The summed E-state index contributed by atoms with van der Waals surface area (Å²) in [4.78, 5) is 16.7. The maximum absolute atomic E-state index is 13.7. The van der Waals surface area contributed by atoms with Crippen LogP contribution in [0.2, 0.25) is 0 Å². The first-order valence-electron chi connectivity index (χ1n) is 10.6. The number of nitrogens with one attached hydrogen (secondary N) is 1. The van der Waals surface area contributed by atoms with Crippen molar-refractivity contribution < 1.29 is 22.4 Å². The number of pyridine rings is 1. The van der Waals surface area contributed by atoms with Crippen LogP contribution in [0.5, 0.6) is 0 Å². The van der Waals surface area contributed by atoms with Crippen LogP contribution < -0.4 is 5.32 Å². The highest BCUT2D eigenvalue weighted by molar-refractivity contribution is 7.99. The number of carbonyl (C=O) groups is 1. The molecule has 1 aliphatic carbocycles. The van der Waals surface area contributed by atoms with Crippen LogP contribution in [-0.2, 0) is 17.6 Å². The minimum absolute atomic E-state index is 0.0728. The van der Waals surface area contributed by atoms with Crippen molar-refractivity contribution >= 4 is 23.4 Å². The van der Waals surface area contributed by atoms with Crippen molar-refractivity contribution in [2.45, 2.75) is 36.6 Å². The molecule has 1 unspecified atom stereocenters. The molecule has 0 fully saturated rings. The van der Waals surface area contributed by atoms with E-state index in [1.54, 1.807) is 0 Å². The number of anilines is 1. The van der Waals surface area contributed by atoms with Crippen molar-refractivity contribution in [3.8, 4) is 6.07 Å². The van der Waals surface area contributed by atoms with Crippen LogP contribution in [0.15, 0.2) is 47.5 Å². The Morgan fingerprint density at radius 3 is 2.50 bits per heavy atom. The Hall–Kier alpha value is -3.38. The maximum Gasteiger partial charge on any atom is 0.225 e. The third-order valence-electron chi connectivity index (χ3n) is 5.69. The van der Waals surface area contributed by atoms with Gasteiger partial charge in [-0.25, -0.2) is 22.5 Å². The summed E-state index contributed by atoms with van der Waals surface area (Å²) in [7, 11) is 0. The lowest BCUT2D eigenvalue weighted by Crippen LogP contribution is -2.16. The molecule has 0 aliphatic heterocycles. The van der Waals surface area contributed by atoms with E-state index in [-0.39, 0.29) is 18.2 Å². The molecular weight excluding hydrogens is 466 g/mol. The Balaban J connectivity index is 1.41. The summed E-state index contributed by atoms with van der Waals surface area (Å²) in [6, 6.07) is 14.2. The lowest BCUT2D eigenvalue weighted by molar-refractivity contribution is -0.115. The van der Waals surface area contributed by atoms with Gasteiger partial charge in [-0.1, -0.05) is 30.3 Å². The van der Waals surface area contributed by atoms with Gasteiger partial charge in [-0.15, -0.1) is 11.8 Å². The summed E-state index contributed by atoms with van der Waals surface area (Å²) in [5.74, 6) is -6.85. The number of nitrogens with zero attached hydrogens (tertiary/aromatic N) is 2. The summed E-state index contributed by atoms with van der Waals surface area (Å²) in [6.07, 6.45) is 2.28. The smallest absolute Gasteiger partial charge is 0.225 e. The summed E-state index contributed by atoms with van der Waals surface area (Å²) >= 11 is 1.17. The lowest BCUT2D eigenvalue weighted by Gasteiger charge is -2.25. The summed E-state index contributed by atoms with van der Waals surface area (Å²) < 4.78 is 54.1. The molecule has 34 heavy (non-hydrogen) atoms. The van der Waals surface area contributed by atoms with Gasteiger partial charge in [0, 0.05) is 23.9 Å². The Kier molecular flexibility index (Phi) is 7.17. The molecule has 4 nitrogen and oxygen atoms in total. The molecule has 0 radical (unpaired) electrons. The molecule has 4 rings (SSSR count). The van der Waals surface area contributed by atoms with Gasteiger partial charge >= 0.3 is 0 Å². The van der Waals surface area contributed by atoms with E-state index >= 15 is 0 Å². The van der Waals surface area contributed by atoms with Crippen LogP contribution in [-0.4, -0.2) is 16.6 Å². The van der Waals surface area contributed by atoms with Crippen LogP contribution in [0.4, 0.5) is 23.2 Å². The highest BCUT2D eigenvalue weighted by Crippen LogP contribution is 2.34. The number of halogens is 4. The Morgan fingerprint density at radius 2 is 1.82 bits per heavy atom. The zero-order valence-corrected chi connectivity index (χ0v) is 18.7. The quantitative estimate of drug-likeness (QED) is 0.268. The predicted octanol–water partition coefficient (Wildman–Crippen LogP) is 5.90. The second-order valence-electron chi connectivity index (χ2n) is 7.90. The number of nitriles is 1. The largest absolute Gasteiger partial charge is 0.321 e. The third-order valence-corrected chi connectivity index (χ3v) is 6.68. The van der Waals surface area contributed by atoms with Crippen molar-refractivity contribution in [1.29, 1.82) is 5.26 Å². The molecule has 1 N–H and O–H groups in total. The van der Waals surface area contributed by atoms with Crippen molar-refractivity contribution in [3.63, 3.8) is 0 Å². The average Bonchev–Trinajstić information content (AvgIpc) is 2.85. The number of fused-ring (bicyclic) bond motifs is 1. The fourth-order valence-corrected chi connectivity index (χ4v) is 4.89. The van der Waals surface area contributed by atoms with Gasteiger partial charge < -0.3 is 5.32 Å². The minimum Gasteiger partial charge on any atom is -0.321 e. The van der Waals surface area contributed by atoms with Crippen LogP contribution in [0.1, 0.15) is 41.1 Å². The van der Waals surface area contributed by atoms with E-state index in [9.17, 15) is 27.6 Å². The van der Waals surface area contributed by atoms with Crippen molar-refractivity contribution in [2.24, 2.45) is 0 Å². The molecule has 9 heteroatoms. The molecule has 0 bridgehead atoms. The number of aryl methyl sites for hydroxylation is 1. The van der Waals surface area contributed by atoms with Gasteiger partial charge in [0.05, 0.1) is 5.56 Å². The number of benzene rings is 2. The molecule has 1 aliphatic rings. The van der Waals surface area contributed by atoms with Gasteiger partial charge in [0.2, 0.25) is 5.91 Å². The molecule has 174 valence electrons. The van der Waals surface area contributed by atoms with E-state index in [4.69, 9.17) is 0 Å². The Labute approximate surface area is 198 Å². The van der Waals surface area contributed by atoms with Gasteiger partial charge in [0.15, 0.2) is 23.3 Å². The van der Waals surface area contributed by atoms with E-state index in [0.29, 0.717) is 16.5 Å². The molecule has 1 aromatic heterocycles. The topological polar surface area (TPSA) is 65.8 Å². The molecule has 2 aromatic carbocycles. The Morgan fingerprint density at radius 1 is 1.12 bits per heavy atom. The maximum atomic E-state index is 13.7. The average molecular weight is 486 g/mol. The number of amides is 1. The molecule has 1 atom stereocenters. The van der Waals surface area contributed by atoms with E-state index in [2.05, 4.69) is 23.2 Å². The van der Waals surface area contributed by atoms with Crippen molar-refractivity contribution in [3.05, 3.63) is 88.1 Å². The zero-order valence-electron chi connectivity index (χ0n) is 17.9. The first kappa shape index (κ1) is 23.8. The molecule has 0 saturated carbocycles. The highest BCUT2D eigenvalue weighted by Gasteiger charge is 2.24. The van der Waals surface area contributed by atoms with Crippen LogP contribution in [0.25, 0.3) is 0 Å². The highest BCUT2D eigenvalue weighted by atomic mass is 32.2. The fraction of sp³-hybridized carbons (Fsp3) is 0.240. The molecule has 0 spiro atoms. The van der Waals surface area contributed by atoms with E-state index in [1.807, 2.05) is 29.6 Å². The van der Waals surface area contributed by atoms with Crippen molar-refractivity contribution in [1.82, 2.24) is 4.98 Å². The number of carbonyl (C=O) groups excluding carboxylic acids is 1. The third kappa shape index (κ3) is 5.07. The van der Waals surface area contributed by atoms with E-state index < -0.39 is 34.9 Å². The van der Waals surface area contributed by atoms with Crippen LogP contribution in [0.3, 0.4) is 0 Å². The van der Waals surface area contributed by atoms with Gasteiger partial charge in [0.25, 0.3) is 0 Å². The fourth-order valence-electron chi connectivity index (χ4n) is 3.97. The van der Waals surface area contributed by atoms with Crippen molar-refractivity contribution in [2.75, 3.05) is 11.1 Å². The van der Waals surface area contributed by atoms with Gasteiger partial charge in [-0.05, 0) is 42.4 Å². The predicted molar refractivity (Wildman–Crippen MR) is 120 cm³/mol. The number of thioether (sulfide) groups is 1. The second kappa shape index (κ2) is 10.3. The first-order chi connectivity index (χ1) is 16.4. The number of rotatable bonds is 6. The zero-order chi connectivity index (χ0) is 24.2. The van der Waals surface area contributed by atoms with Crippen LogP contribution in [0, 0.1) is 34.6 Å². The van der Waals surface area contributed by atoms with E-state index in [0.717, 1.165) is 30.5 Å². The molecular formula is C25H19F4N3OS.